The number of aliphatic hydroxyl groups excluding tert-OH is 1. The van der Waals surface area contributed by atoms with Crippen LogP contribution in [0.15, 0.2) is 24.3 Å². The molecule has 1 amide bonds. The van der Waals surface area contributed by atoms with E-state index in [0.29, 0.717) is 19.5 Å². The molecule has 0 aromatic heterocycles. The Morgan fingerprint density at radius 2 is 2.00 bits per heavy atom. The van der Waals surface area contributed by atoms with Gasteiger partial charge in [-0.2, -0.15) is 0 Å². The fourth-order valence-corrected chi connectivity index (χ4v) is 1.98. The number of amides is 1. The van der Waals surface area contributed by atoms with Gasteiger partial charge in [-0.3, -0.25) is 4.79 Å². The molecule has 19 heavy (non-hydrogen) atoms. The van der Waals surface area contributed by atoms with Crippen LogP contribution in [0.4, 0.5) is 5.69 Å². The zero-order chi connectivity index (χ0) is 14.1. The maximum atomic E-state index is 11.9. The number of para-hydroxylation sites is 1. The van der Waals surface area contributed by atoms with Crippen molar-refractivity contribution in [3.63, 3.8) is 0 Å². The van der Waals surface area contributed by atoms with E-state index in [2.05, 4.69) is 17.1 Å². The van der Waals surface area contributed by atoms with Gasteiger partial charge in [0.2, 0.25) is 5.91 Å². The average molecular weight is 264 g/mol. The van der Waals surface area contributed by atoms with Gasteiger partial charge in [0, 0.05) is 25.2 Å². The molecule has 0 spiro atoms. The molecule has 1 aromatic rings. The summed E-state index contributed by atoms with van der Waals surface area (Å²) in [6.07, 6.45) is 1.48. The number of hydrogen-bond donors (Lipinski definition) is 2. The van der Waals surface area contributed by atoms with Gasteiger partial charge in [0.25, 0.3) is 0 Å². The number of hydrogen-bond acceptors (Lipinski definition) is 3. The van der Waals surface area contributed by atoms with E-state index in [-0.39, 0.29) is 12.5 Å². The Balaban J connectivity index is 2.40. The third-order valence-corrected chi connectivity index (χ3v) is 3.03. The third kappa shape index (κ3) is 5.85. The Morgan fingerprint density at radius 3 is 2.63 bits per heavy atom. The molecule has 0 bridgehead atoms. The number of nitrogens with zero attached hydrogens (tertiary/aromatic N) is 1. The molecule has 0 heterocycles. The van der Waals surface area contributed by atoms with E-state index >= 15 is 0 Å². The van der Waals surface area contributed by atoms with E-state index in [1.807, 2.05) is 31.2 Å². The van der Waals surface area contributed by atoms with Gasteiger partial charge in [0.1, 0.15) is 0 Å². The number of aliphatic hydroxyl groups is 1. The second kappa shape index (κ2) is 8.67. The Morgan fingerprint density at radius 1 is 1.26 bits per heavy atom. The number of aryl methyl sites for hydroxylation is 1. The van der Waals surface area contributed by atoms with E-state index < -0.39 is 0 Å². The quantitative estimate of drug-likeness (QED) is 0.755. The summed E-state index contributed by atoms with van der Waals surface area (Å²) >= 11 is 0. The second-order valence-electron chi connectivity index (χ2n) is 4.68. The highest BCUT2D eigenvalue weighted by molar-refractivity contribution is 5.91. The summed E-state index contributed by atoms with van der Waals surface area (Å²) in [6.45, 7) is 6.44. The van der Waals surface area contributed by atoms with Crippen LogP contribution in [0.25, 0.3) is 0 Å². The van der Waals surface area contributed by atoms with Crippen LogP contribution in [-0.4, -0.2) is 42.2 Å². The molecule has 0 radical (unpaired) electrons. The zero-order valence-electron chi connectivity index (χ0n) is 11.9. The van der Waals surface area contributed by atoms with Crippen molar-refractivity contribution in [3.8, 4) is 0 Å². The van der Waals surface area contributed by atoms with Crippen molar-refractivity contribution in [2.24, 2.45) is 0 Å². The van der Waals surface area contributed by atoms with Crippen molar-refractivity contribution in [1.82, 2.24) is 4.90 Å². The minimum Gasteiger partial charge on any atom is -0.395 e. The molecule has 0 fully saturated rings. The Bertz CT molecular complexity index is 387. The SMILES string of the molecule is CCCN(CCO)CCC(=O)Nc1ccccc1C. The van der Waals surface area contributed by atoms with Crippen molar-refractivity contribution in [3.05, 3.63) is 29.8 Å². The summed E-state index contributed by atoms with van der Waals surface area (Å²) in [6, 6.07) is 7.75. The minimum absolute atomic E-state index is 0.0216. The molecule has 0 aliphatic rings. The fraction of sp³-hybridized carbons (Fsp3) is 0.533. The van der Waals surface area contributed by atoms with Crippen LogP contribution in [-0.2, 0) is 4.79 Å². The molecule has 4 heteroatoms. The van der Waals surface area contributed by atoms with Gasteiger partial charge in [0.05, 0.1) is 6.61 Å². The Hall–Kier alpha value is -1.39. The average Bonchev–Trinajstić information content (AvgIpc) is 2.39. The van der Waals surface area contributed by atoms with E-state index in [0.717, 1.165) is 24.2 Å². The number of anilines is 1. The van der Waals surface area contributed by atoms with E-state index in [4.69, 9.17) is 5.11 Å². The van der Waals surface area contributed by atoms with Crippen molar-refractivity contribution >= 4 is 11.6 Å². The first-order valence-electron chi connectivity index (χ1n) is 6.86. The lowest BCUT2D eigenvalue weighted by atomic mass is 10.2. The van der Waals surface area contributed by atoms with Gasteiger partial charge >= 0.3 is 0 Å². The van der Waals surface area contributed by atoms with Crippen molar-refractivity contribution in [1.29, 1.82) is 0 Å². The van der Waals surface area contributed by atoms with Crippen LogP contribution >= 0.6 is 0 Å². The smallest absolute Gasteiger partial charge is 0.225 e. The van der Waals surface area contributed by atoms with Crippen LogP contribution in [0.2, 0.25) is 0 Å². The third-order valence-electron chi connectivity index (χ3n) is 3.03. The standard InChI is InChI=1S/C15H24N2O2/c1-3-9-17(11-12-18)10-8-15(19)16-14-7-5-4-6-13(14)2/h4-7,18H,3,8-12H2,1-2H3,(H,16,19). The summed E-state index contributed by atoms with van der Waals surface area (Å²) in [7, 11) is 0. The van der Waals surface area contributed by atoms with Gasteiger partial charge in [-0.05, 0) is 31.5 Å². The molecular formula is C15H24N2O2. The summed E-state index contributed by atoms with van der Waals surface area (Å²) < 4.78 is 0. The number of nitrogens with one attached hydrogen (secondary N) is 1. The maximum Gasteiger partial charge on any atom is 0.225 e. The molecule has 0 atom stereocenters. The summed E-state index contributed by atoms with van der Waals surface area (Å²) in [5.74, 6) is 0.0216. The summed E-state index contributed by atoms with van der Waals surface area (Å²) in [4.78, 5) is 14.0. The number of carbonyl (C=O) groups excluding carboxylic acids is 1. The molecule has 0 unspecified atom stereocenters. The largest absolute Gasteiger partial charge is 0.395 e. The van der Waals surface area contributed by atoms with Crippen LogP contribution < -0.4 is 5.32 Å². The maximum absolute atomic E-state index is 11.9. The fourth-order valence-electron chi connectivity index (χ4n) is 1.98. The molecule has 0 saturated heterocycles. The first-order chi connectivity index (χ1) is 9.17. The minimum atomic E-state index is 0.0216. The van der Waals surface area contributed by atoms with Gasteiger partial charge in [-0.15, -0.1) is 0 Å². The topological polar surface area (TPSA) is 52.6 Å². The first-order valence-corrected chi connectivity index (χ1v) is 6.86. The van der Waals surface area contributed by atoms with E-state index in [1.165, 1.54) is 0 Å². The summed E-state index contributed by atoms with van der Waals surface area (Å²) in [5.41, 5.74) is 1.94. The molecule has 4 nitrogen and oxygen atoms in total. The number of carbonyl (C=O) groups is 1. The zero-order valence-corrected chi connectivity index (χ0v) is 11.9. The van der Waals surface area contributed by atoms with E-state index in [9.17, 15) is 4.79 Å². The Kier molecular flexibility index (Phi) is 7.15. The van der Waals surface area contributed by atoms with Gasteiger partial charge in [-0.1, -0.05) is 25.1 Å². The summed E-state index contributed by atoms with van der Waals surface area (Å²) in [5, 5.41) is 11.9. The van der Waals surface area contributed by atoms with Crippen LogP contribution in [0.5, 0.6) is 0 Å². The highest BCUT2D eigenvalue weighted by Crippen LogP contribution is 2.13. The molecule has 1 rings (SSSR count). The lowest BCUT2D eigenvalue weighted by molar-refractivity contribution is -0.116. The lowest BCUT2D eigenvalue weighted by Gasteiger charge is -2.20. The van der Waals surface area contributed by atoms with Crippen molar-refractivity contribution < 1.29 is 9.90 Å². The molecule has 106 valence electrons. The van der Waals surface area contributed by atoms with Gasteiger partial charge in [0.15, 0.2) is 0 Å². The number of rotatable bonds is 8. The molecule has 1 aromatic carbocycles. The van der Waals surface area contributed by atoms with E-state index in [1.54, 1.807) is 0 Å². The highest BCUT2D eigenvalue weighted by atomic mass is 16.3. The normalized spacial score (nSPS) is 10.7. The van der Waals surface area contributed by atoms with Crippen LogP contribution in [0, 0.1) is 6.92 Å². The predicted molar refractivity (Wildman–Crippen MR) is 78.2 cm³/mol. The van der Waals surface area contributed by atoms with Crippen LogP contribution in [0.3, 0.4) is 0 Å². The van der Waals surface area contributed by atoms with Gasteiger partial charge in [-0.25, -0.2) is 0 Å². The predicted octanol–water partition coefficient (Wildman–Crippen LogP) is 2.03. The second-order valence-corrected chi connectivity index (χ2v) is 4.68. The highest BCUT2D eigenvalue weighted by Gasteiger charge is 2.08. The molecule has 0 aliphatic carbocycles. The van der Waals surface area contributed by atoms with Crippen molar-refractivity contribution in [2.45, 2.75) is 26.7 Å². The van der Waals surface area contributed by atoms with Gasteiger partial charge < -0.3 is 15.3 Å². The molecule has 0 aliphatic heterocycles. The molecule has 2 N–H and O–H groups in total. The lowest BCUT2D eigenvalue weighted by Crippen LogP contribution is -2.31. The van der Waals surface area contributed by atoms with Crippen molar-refractivity contribution in [2.75, 3.05) is 31.6 Å². The Labute approximate surface area is 115 Å². The molecule has 0 saturated carbocycles. The molecular weight excluding hydrogens is 240 g/mol. The number of benzene rings is 1. The van der Waals surface area contributed by atoms with Crippen LogP contribution in [0.1, 0.15) is 25.3 Å². The monoisotopic (exact) mass is 264 g/mol. The first kappa shape index (κ1) is 15.7.